The Labute approximate surface area is 180 Å². The van der Waals surface area contributed by atoms with Crippen molar-refractivity contribution in [1.29, 1.82) is 0 Å². The van der Waals surface area contributed by atoms with Crippen LogP contribution in [0.2, 0.25) is 0 Å². The van der Waals surface area contributed by atoms with Crippen molar-refractivity contribution in [3.63, 3.8) is 0 Å². The van der Waals surface area contributed by atoms with Crippen LogP contribution in [0, 0.1) is 0 Å². The fourth-order valence-corrected chi connectivity index (χ4v) is 3.35. The first-order valence-corrected chi connectivity index (χ1v) is 9.89. The number of hydrogen-bond donors (Lipinski definition) is 4. The number of allylic oxidation sites excluding steroid dienone is 2. The lowest BCUT2D eigenvalue weighted by Gasteiger charge is -2.17. The third-order valence-electron chi connectivity index (χ3n) is 5.22. The van der Waals surface area contributed by atoms with Crippen LogP contribution in [0.4, 0.5) is 0 Å². The van der Waals surface area contributed by atoms with Crippen molar-refractivity contribution >= 4 is 11.0 Å². The van der Waals surface area contributed by atoms with E-state index in [1.807, 2.05) is 19.9 Å². The summed E-state index contributed by atoms with van der Waals surface area (Å²) in [4.78, 5) is 13.3. The van der Waals surface area contributed by atoms with Gasteiger partial charge in [0.15, 0.2) is 0 Å². The summed E-state index contributed by atoms with van der Waals surface area (Å²) in [7, 11) is 0. The fraction of sp³-hybridized carbons (Fsp3) is 0.240. The highest BCUT2D eigenvalue weighted by atomic mass is 16.3. The Morgan fingerprint density at radius 1 is 1.06 bits per heavy atom. The molecule has 1 aromatic heterocycles. The van der Waals surface area contributed by atoms with Gasteiger partial charge in [0.25, 0.3) is 0 Å². The second-order valence-corrected chi connectivity index (χ2v) is 7.94. The minimum absolute atomic E-state index is 0.0572. The van der Waals surface area contributed by atoms with Gasteiger partial charge in [0.1, 0.15) is 34.5 Å². The molecule has 0 saturated carbocycles. The molecule has 2 aromatic carbocycles. The van der Waals surface area contributed by atoms with Gasteiger partial charge in [-0.1, -0.05) is 35.9 Å². The molecule has 0 bridgehead atoms. The summed E-state index contributed by atoms with van der Waals surface area (Å²) < 4.78 is 5.75. The minimum atomic E-state index is -1.00. The summed E-state index contributed by atoms with van der Waals surface area (Å²) in [6.45, 7) is 9.16. The van der Waals surface area contributed by atoms with E-state index in [0.717, 1.165) is 5.57 Å². The monoisotopic (exact) mass is 422 g/mol. The Balaban J connectivity index is 2.34. The zero-order chi connectivity index (χ0) is 22.9. The van der Waals surface area contributed by atoms with Gasteiger partial charge in [0, 0.05) is 17.5 Å². The van der Waals surface area contributed by atoms with Gasteiger partial charge in [0.05, 0.1) is 11.7 Å². The molecule has 0 radical (unpaired) electrons. The molecule has 1 atom stereocenters. The van der Waals surface area contributed by atoms with Gasteiger partial charge in [0.2, 0.25) is 5.43 Å². The van der Waals surface area contributed by atoms with Gasteiger partial charge in [-0.3, -0.25) is 4.79 Å². The number of phenols is 3. The molecule has 6 nitrogen and oxygen atoms in total. The maximum atomic E-state index is 13.3. The molecule has 6 heteroatoms. The van der Waals surface area contributed by atoms with Crippen molar-refractivity contribution in [2.45, 2.75) is 39.7 Å². The Kier molecular flexibility index (Phi) is 6.22. The second-order valence-electron chi connectivity index (χ2n) is 7.94. The molecule has 31 heavy (non-hydrogen) atoms. The summed E-state index contributed by atoms with van der Waals surface area (Å²) in [5.74, 6) is -0.590. The molecule has 1 heterocycles. The standard InChI is InChI=1S/C25H26O6/c1-13(2)5-10-17-22(28)18(11-20(27)14(3)4)23(29)21-24(30)19(12-31-25(17)21)15-6-8-16(26)9-7-15/h5-9,12,20,26-29H,3,10-11H2,1-2,4H3/t20-/m0/s1. The summed E-state index contributed by atoms with van der Waals surface area (Å²) in [5.41, 5.74) is 2.22. The van der Waals surface area contributed by atoms with E-state index in [0.29, 0.717) is 16.7 Å². The predicted octanol–water partition coefficient (Wildman–Crippen LogP) is 4.57. The van der Waals surface area contributed by atoms with Crippen LogP contribution in [0.5, 0.6) is 17.2 Å². The molecule has 4 N–H and O–H groups in total. The number of aliphatic hydroxyl groups excluding tert-OH is 1. The number of aliphatic hydroxyl groups is 1. The molecule has 0 aliphatic heterocycles. The SMILES string of the molecule is C=C(C)[C@@H](O)Cc1c(O)c(CC=C(C)C)c2occ(-c3ccc(O)cc3)c(=O)c2c1O. The van der Waals surface area contributed by atoms with Crippen molar-refractivity contribution in [2.24, 2.45) is 0 Å². The first-order valence-electron chi connectivity index (χ1n) is 9.89. The molecular weight excluding hydrogens is 396 g/mol. The predicted molar refractivity (Wildman–Crippen MR) is 121 cm³/mol. The quantitative estimate of drug-likeness (QED) is 0.433. The largest absolute Gasteiger partial charge is 0.508 e. The molecule has 162 valence electrons. The lowest BCUT2D eigenvalue weighted by molar-refractivity contribution is 0.209. The first-order chi connectivity index (χ1) is 14.6. The Bertz CT molecular complexity index is 1230. The lowest BCUT2D eigenvalue weighted by Crippen LogP contribution is -2.13. The molecule has 0 saturated heterocycles. The number of fused-ring (bicyclic) bond motifs is 1. The second kappa shape index (κ2) is 8.70. The summed E-state index contributed by atoms with van der Waals surface area (Å²) >= 11 is 0. The van der Waals surface area contributed by atoms with Crippen LogP contribution in [-0.4, -0.2) is 26.5 Å². The molecule has 0 amide bonds. The van der Waals surface area contributed by atoms with Crippen molar-refractivity contribution in [3.8, 4) is 28.4 Å². The van der Waals surface area contributed by atoms with Crippen LogP contribution in [0.25, 0.3) is 22.1 Å². The highest BCUT2D eigenvalue weighted by Gasteiger charge is 2.25. The number of benzene rings is 2. The molecular formula is C25H26O6. The summed E-state index contributed by atoms with van der Waals surface area (Å²) in [5, 5.41) is 41.6. The van der Waals surface area contributed by atoms with E-state index >= 15 is 0 Å². The van der Waals surface area contributed by atoms with Gasteiger partial charge in [-0.15, -0.1) is 0 Å². The molecule has 0 fully saturated rings. The summed E-state index contributed by atoms with van der Waals surface area (Å²) in [6.07, 6.45) is 2.33. The highest BCUT2D eigenvalue weighted by molar-refractivity contribution is 5.92. The third kappa shape index (κ3) is 4.34. The Morgan fingerprint density at radius 3 is 2.29 bits per heavy atom. The van der Waals surface area contributed by atoms with Crippen LogP contribution in [0.1, 0.15) is 31.9 Å². The van der Waals surface area contributed by atoms with Gasteiger partial charge < -0.3 is 24.8 Å². The van der Waals surface area contributed by atoms with E-state index in [1.165, 1.54) is 18.4 Å². The minimum Gasteiger partial charge on any atom is -0.508 e. The van der Waals surface area contributed by atoms with E-state index in [2.05, 4.69) is 6.58 Å². The maximum absolute atomic E-state index is 13.3. The molecule has 0 spiro atoms. The van der Waals surface area contributed by atoms with Crippen molar-refractivity contribution < 1.29 is 24.8 Å². The molecule has 3 aromatic rings. The normalized spacial score (nSPS) is 12.0. The van der Waals surface area contributed by atoms with Gasteiger partial charge in [-0.25, -0.2) is 0 Å². The number of hydrogen-bond acceptors (Lipinski definition) is 6. The van der Waals surface area contributed by atoms with Gasteiger partial charge in [-0.05, 0) is 44.9 Å². The number of aromatic hydroxyl groups is 3. The molecule has 0 unspecified atom stereocenters. The molecule has 3 rings (SSSR count). The zero-order valence-corrected chi connectivity index (χ0v) is 17.8. The maximum Gasteiger partial charge on any atom is 0.204 e. The Morgan fingerprint density at radius 2 is 1.71 bits per heavy atom. The topological polar surface area (TPSA) is 111 Å². The lowest BCUT2D eigenvalue weighted by atomic mass is 9.93. The van der Waals surface area contributed by atoms with E-state index < -0.39 is 17.3 Å². The van der Waals surface area contributed by atoms with Crippen molar-refractivity contribution in [3.05, 3.63) is 75.7 Å². The average Bonchev–Trinajstić information content (AvgIpc) is 2.71. The molecule has 0 aliphatic rings. The van der Waals surface area contributed by atoms with E-state index in [9.17, 15) is 25.2 Å². The van der Waals surface area contributed by atoms with E-state index in [4.69, 9.17) is 4.42 Å². The summed E-state index contributed by atoms with van der Waals surface area (Å²) in [6, 6.07) is 6.04. The van der Waals surface area contributed by atoms with E-state index in [-0.39, 0.29) is 46.4 Å². The van der Waals surface area contributed by atoms with Crippen molar-refractivity contribution in [1.82, 2.24) is 0 Å². The smallest absolute Gasteiger partial charge is 0.204 e. The Hall–Kier alpha value is -3.51. The van der Waals surface area contributed by atoms with Crippen molar-refractivity contribution in [2.75, 3.05) is 0 Å². The number of rotatable bonds is 6. The molecule has 0 aliphatic carbocycles. The zero-order valence-electron chi connectivity index (χ0n) is 17.8. The first kappa shape index (κ1) is 22.2. The van der Waals surface area contributed by atoms with Crippen LogP contribution in [0.3, 0.4) is 0 Å². The number of phenolic OH excluding ortho intramolecular Hbond substituents is 3. The van der Waals surface area contributed by atoms with Crippen LogP contribution in [-0.2, 0) is 12.8 Å². The van der Waals surface area contributed by atoms with Crippen LogP contribution in [0.15, 0.2) is 63.5 Å². The van der Waals surface area contributed by atoms with Gasteiger partial charge in [-0.2, -0.15) is 0 Å². The fourth-order valence-electron chi connectivity index (χ4n) is 3.35. The van der Waals surface area contributed by atoms with Gasteiger partial charge >= 0.3 is 0 Å². The average molecular weight is 422 g/mol. The highest BCUT2D eigenvalue weighted by Crippen LogP contribution is 2.40. The third-order valence-corrected chi connectivity index (χ3v) is 5.22. The van der Waals surface area contributed by atoms with Crippen LogP contribution >= 0.6 is 0 Å². The van der Waals surface area contributed by atoms with E-state index in [1.54, 1.807) is 19.1 Å². The van der Waals surface area contributed by atoms with Crippen LogP contribution < -0.4 is 5.43 Å².